The van der Waals surface area contributed by atoms with Crippen LogP contribution in [0.1, 0.15) is 37.3 Å². The molecule has 2 fully saturated rings. The highest BCUT2D eigenvalue weighted by molar-refractivity contribution is 5.99. The minimum Gasteiger partial charge on any atom is -0.326 e. The third-order valence-corrected chi connectivity index (χ3v) is 5.34. The number of aryl methyl sites for hydroxylation is 2. The van der Waals surface area contributed by atoms with Gasteiger partial charge in [0, 0.05) is 51.2 Å². The van der Waals surface area contributed by atoms with Crippen LogP contribution >= 0.6 is 0 Å². The van der Waals surface area contributed by atoms with E-state index in [0.717, 1.165) is 24.8 Å². The molecule has 0 aromatic carbocycles. The molecular weight excluding hydrogens is 346 g/mol. The second-order valence-corrected chi connectivity index (χ2v) is 7.28. The highest BCUT2D eigenvalue weighted by atomic mass is 16.2. The highest BCUT2D eigenvalue weighted by Gasteiger charge is 2.36. The van der Waals surface area contributed by atoms with Crippen LogP contribution in [0.15, 0.2) is 24.7 Å². The van der Waals surface area contributed by atoms with Gasteiger partial charge < -0.3 is 10.2 Å². The van der Waals surface area contributed by atoms with Crippen LogP contribution in [0.3, 0.4) is 0 Å². The average molecular weight is 371 g/mol. The summed E-state index contributed by atoms with van der Waals surface area (Å²) in [6, 6.07) is 1.15. The van der Waals surface area contributed by atoms with Crippen molar-refractivity contribution in [1.82, 2.24) is 29.8 Å². The molecule has 0 radical (unpaired) electrons. The van der Waals surface area contributed by atoms with Crippen molar-refractivity contribution in [3.63, 3.8) is 0 Å². The summed E-state index contributed by atoms with van der Waals surface area (Å²) in [4.78, 5) is 29.3. The van der Waals surface area contributed by atoms with E-state index < -0.39 is 6.04 Å². The van der Waals surface area contributed by atoms with E-state index in [0.29, 0.717) is 25.3 Å². The first kappa shape index (κ1) is 17.6. The van der Waals surface area contributed by atoms with Crippen molar-refractivity contribution in [1.29, 1.82) is 0 Å². The van der Waals surface area contributed by atoms with Gasteiger partial charge in [0.05, 0.1) is 12.2 Å². The summed E-state index contributed by atoms with van der Waals surface area (Å²) in [5.74, 6) is 0.543. The Bertz CT molecular complexity index is 842. The fourth-order valence-electron chi connectivity index (χ4n) is 3.98. The fourth-order valence-corrected chi connectivity index (χ4v) is 3.98. The first-order chi connectivity index (χ1) is 13.0. The zero-order valence-electron chi connectivity index (χ0n) is 15.7. The summed E-state index contributed by atoms with van der Waals surface area (Å²) < 4.78 is 3.42. The van der Waals surface area contributed by atoms with Gasteiger partial charge in [0.25, 0.3) is 5.91 Å². The number of amides is 3. The van der Waals surface area contributed by atoms with Crippen molar-refractivity contribution in [3.05, 3.63) is 30.2 Å². The molecule has 9 heteroatoms. The van der Waals surface area contributed by atoms with Gasteiger partial charge in [0.1, 0.15) is 6.04 Å². The number of hydrogen-bond donors (Lipinski definition) is 1. The first-order valence-electron chi connectivity index (χ1n) is 9.39. The second kappa shape index (κ2) is 7.05. The molecule has 1 N–H and O–H groups in total. The van der Waals surface area contributed by atoms with E-state index in [9.17, 15) is 9.59 Å². The maximum atomic E-state index is 12.9. The normalized spacial score (nSPS) is 23.1. The first-order valence-corrected chi connectivity index (χ1v) is 9.39. The van der Waals surface area contributed by atoms with Gasteiger partial charge >= 0.3 is 6.03 Å². The Morgan fingerprint density at radius 1 is 1.19 bits per heavy atom. The Hall–Kier alpha value is -2.84. The van der Waals surface area contributed by atoms with Crippen LogP contribution < -0.4 is 10.2 Å². The van der Waals surface area contributed by atoms with Crippen LogP contribution in [0, 0.1) is 0 Å². The van der Waals surface area contributed by atoms with Crippen molar-refractivity contribution in [3.8, 4) is 0 Å². The number of piperidine rings is 1. The molecule has 2 aromatic heterocycles. The number of carbonyl (C=O) groups excluding carboxylic acids is 2. The van der Waals surface area contributed by atoms with E-state index in [1.165, 1.54) is 0 Å². The Morgan fingerprint density at radius 2 is 2.00 bits per heavy atom. The Labute approximate surface area is 157 Å². The minimum absolute atomic E-state index is 0.0179. The van der Waals surface area contributed by atoms with Crippen molar-refractivity contribution >= 4 is 17.8 Å². The van der Waals surface area contributed by atoms with Crippen LogP contribution in [-0.2, 0) is 18.9 Å². The van der Waals surface area contributed by atoms with Gasteiger partial charge in [0.2, 0.25) is 0 Å². The Balaban J connectivity index is 1.44. The number of urea groups is 1. The molecule has 0 saturated carbocycles. The van der Waals surface area contributed by atoms with E-state index in [2.05, 4.69) is 15.5 Å². The molecule has 2 aliphatic rings. The fraction of sp³-hybridized carbons (Fsp3) is 0.556. The summed E-state index contributed by atoms with van der Waals surface area (Å²) in [5, 5.41) is 11.5. The predicted molar refractivity (Wildman–Crippen MR) is 99.0 cm³/mol. The predicted octanol–water partition coefficient (Wildman–Crippen LogP) is 1.20. The van der Waals surface area contributed by atoms with Crippen LogP contribution in [-0.4, -0.2) is 55.5 Å². The Morgan fingerprint density at radius 3 is 2.70 bits per heavy atom. The van der Waals surface area contributed by atoms with E-state index in [1.807, 2.05) is 43.7 Å². The molecule has 144 valence electrons. The monoisotopic (exact) mass is 371 g/mol. The summed E-state index contributed by atoms with van der Waals surface area (Å²) in [6.45, 7) is 1.32. The van der Waals surface area contributed by atoms with Crippen molar-refractivity contribution in [2.45, 2.75) is 37.8 Å². The molecule has 0 bridgehead atoms. The van der Waals surface area contributed by atoms with Gasteiger partial charge in [-0.2, -0.15) is 10.2 Å². The lowest BCUT2D eigenvalue weighted by molar-refractivity contribution is -0.121. The van der Waals surface area contributed by atoms with Crippen molar-refractivity contribution < 1.29 is 9.59 Å². The molecule has 2 saturated heterocycles. The lowest BCUT2D eigenvalue weighted by atomic mass is 10.0. The van der Waals surface area contributed by atoms with Crippen LogP contribution in [0.25, 0.3) is 0 Å². The molecule has 2 atom stereocenters. The summed E-state index contributed by atoms with van der Waals surface area (Å²) in [5.41, 5.74) is 1.04. The molecule has 2 unspecified atom stereocenters. The Kier molecular flexibility index (Phi) is 4.59. The third kappa shape index (κ3) is 3.41. The van der Waals surface area contributed by atoms with E-state index >= 15 is 0 Å². The van der Waals surface area contributed by atoms with Gasteiger partial charge in [-0.15, -0.1) is 0 Å². The molecule has 4 rings (SSSR count). The molecule has 3 amide bonds. The molecule has 9 nitrogen and oxygen atoms in total. The molecule has 2 aliphatic heterocycles. The quantitative estimate of drug-likeness (QED) is 0.878. The van der Waals surface area contributed by atoms with Gasteiger partial charge in [0.15, 0.2) is 5.82 Å². The lowest BCUT2D eigenvalue weighted by Gasteiger charge is -2.33. The van der Waals surface area contributed by atoms with Crippen LogP contribution in [0.4, 0.5) is 10.6 Å². The number of likely N-dealkylation sites (tertiary alicyclic amines) is 1. The zero-order chi connectivity index (χ0) is 19.0. The van der Waals surface area contributed by atoms with Gasteiger partial charge in [-0.25, -0.2) is 4.79 Å². The number of anilines is 1. The largest absolute Gasteiger partial charge is 0.326 e. The smallest absolute Gasteiger partial charge is 0.318 e. The molecular formula is C18H25N7O2. The van der Waals surface area contributed by atoms with Crippen LogP contribution in [0.5, 0.6) is 0 Å². The molecule has 2 aromatic rings. The molecule has 0 aliphatic carbocycles. The minimum atomic E-state index is -0.511. The lowest BCUT2D eigenvalue weighted by Crippen LogP contribution is -2.55. The number of nitrogens with zero attached hydrogens (tertiary/aromatic N) is 6. The zero-order valence-corrected chi connectivity index (χ0v) is 15.7. The van der Waals surface area contributed by atoms with E-state index in [1.54, 1.807) is 14.3 Å². The third-order valence-electron chi connectivity index (χ3n) is 5.34. The molecule has 0 spiro atoms. The number of rotatable bonds is 3. The van der Waals surface area contributed by atoms with Crippen molar-refractivity contribution in [2.24, 2.45) is 14.1 Å². The number of aromatic nitrogens is 4. The van der Waals surface area contributed by atoms with Gasteiger partial charge in [-0.1, -0.05) is 0 Å². The van der Waals surface area contributed by atoms with Crippen molar-refractivity contribution in [2.75, 3.05) is 18.0 Å². The summed E-state index contributed by atoms with van der Waals surface area (Å²) >= 11 is 0. The van der Waals surface area contributed by atoms with E-state index in [-0.39, 0.29) is 18.0 Å². The maximum Gasteiger partial charge on any atom is 0.318 e. The van der Waals surface area contributed by atoms with Gasteiger partial charge in [-0.3, -0.25) is 19.1 Å². The highest BCUT2D eigenvalue weighted by Crippen LogP contribution is 2.31. The SMILES string of the molecule is Cn1cc(C2CCCN2C(=O)NC2CCCN(c3ccn(C)n3)C2=O)cn1. The average Bonchev–Trinajstić information content (AvgIpc) is 3.37. The number of hydrogen-bond acceptors (Lipinski definition) is 4. The molecule has 4 heterocycles. The van der Waals surface area contributed by atoms with Crippen LogP contribution in [0.2, 0.25) is 0 Å². The standard InChI is InChI=1S/C18H25N7O2/c1-22-10-7-16(21-22)25-9-3-5-14(17(25)26)20-18(27)24-8-4-6-15(24)13-11-19-23(2)12-13/h7,10-12,14-15H,3-6,8-9H2,1-2H3,(H,20,27). The summed E-state index contributed by atoms with van der Waals surface area (Å²) in [6.07, 6.45) is 8.92. The summed E-state index contributed by atoms with van der Waals surface area (Å²) in [7, 11) is 3.69. The number of carbonyl (C=O) groups is 2. The number of nitrogens with one attached hydrogen (secondary N) is 1. The maximum absolute atomic E-state index is 12.9. The van der Waals surface area contributed by atoms with E-state index in [4.69, 9.17) is 0 Å². The topological polar surface area (TPSA) is 88.3 Å². The van der Waals surface area contributed by atoms with Gasteiger partial charge in [-0.05, 0) is 25.7 Å². The second-order valence-electron chi connectivity index (χ2n) is 7.28. The molecule has 27 heavy (non-hydrogen) atoms.